The predicted molar refractivity (Wildman–Crippen MR) is 42.3 cm³/mol. The minimum Gasteiger partial charge on any atom is -0.427 e. The van der Waals surface area contributed by atoms with Gasteiger partial charge in [0.15, 0.2) is 0 Å². The quantitative estimate of drug-likeness (QED) is 0.391. The fraction of sp³-hybridized carbons (Fsp3) is 1.00. The first-order chi connectivity index (χ1) is 5.27. The molecule has 0 heterocycles. The molecule has 2 N–H and O–H groups in total. The molecule has 0 aliphatic heterocycles. The molecule has 11 heavy (non-hydrogen) atoms. The average molecular weight is 162 g/mol. The van der Waals surface area contributed by atoms with E-state index in [1.807, 2.05) is 6.92 Å². The van der Waals surface area contributed by atoms with Crippen LogP contribution in [-0.4, -0.2) is 43.6 Å². The molecule has 0 rings (SSSR count). The molecule has 0 aromatic carbocycles. The van der Waals surface area contributed by atoms with E-state index >= 15 is 0 Å². The number of hydrogen-bond donors (Lipinski definition) is 2. The summed E-state index contributed by atoms with van der Waals surface area (Å²) in [6, 6.07) is 0. The summed E-state index contributed by atoms with van der Waals surface area (Å²) in [4.78, 5) is 0. The first-order valence-corrected chi connectivity index (χ1v) is 3.79. The van der Waals surface area contributed by atoms with Crippen LogP contribution in [0.25, 0.3) is 0 Å². The van der Waals surface area contributed by atoms with Crippen LogP contribution in [0.1, 0.15) is 6.92 Å². The largest absolute Gasteiger partial charge is 0.453 e. The third-order valence-corrected chi connectivity index (χ3v) is 1.10. The summed E-state index contributed by atoms with van der Waals surface area (Å²) in [5, 5.41) is 16.8. The smallest absolute Gasteiger partial charge is 0.427 e. The molecule has 66 valence electrons. The van der Waals surface area contributed by atoms with Gasteiger partial charge in [-0.25, -0.2) is 0 Å². The van der Waals surface area contributed by atoms with Crippen molar-refractivity contribution in [1.82, 2.24) is 0 Å². The van der Waals surface area contributed by atoms with Crippen LogP contribution >= 0.6 is 0 Å². The Bertz CT molecular complexity index is 79.0. The molecule has 0 fully saturated rings. The Kier molecular flexibility index (Phi) is 7.94. The molecule has 0 saturated heterocycles. The molecule has 0 atom stereocenters. The van der Waals surface area contributed by atoms with Crippen LogP contribution in [0.5, 0.6) is 0 Å². The Hall–Kier alpha value is -0.0951. The van der Waals surface area contributed by atoms with Crippen molar-refractivity contribution in [2.45, 2.75) is 13.2 Å². The summed E-state index contributed by atoms with van der Waals surface area (Å²) in [6.07, 6.45) is 0.256. The van der Waals surface area contributed by atoms with Crippen LogP contribution in [0.15, 0.2) is 0 Å². The lowest BCUT2D eigenvalue weighted by Crippen LogP contribution is -2.14. The van der Waals surface area contributed by atoms with Crippen LogP contribution in [0.2, 0.25) is 6.32 Å². The summed E-state index contributed by atoms with van der Waals surface area (Å²) in [7, 11) is -1.26. The molecule has 4 nitrogen and oxygen atoms in total. The monoisotopic (exact) mass is 162 g/mol. The summed E-state index contributed by atoms with van der Waals surface area (Å²) in [6.45, 7) is 4.05. The topological polar surface area (TPSA) is 58.9 Å². The van der Waals surface area contributed by atoms with E-state index in [0.717, 1.165) is 0 Å². The van der Waals surface area contributed by atoms with Crippen molar-refractivity contribution in [2.75, 3.05) is 26.4 Å². The zero-order valence-corrected chi connectivity index (χ0v) is 6.82. The fourth-order valence-corrected chi connectivity index (χ4v) is 0.553. The number of rotatable bonds is 7. The fourth-order valence-electron chi connectivity index (χ4n) is 0.553. The van der Waals surface area contributed by atoms with Crippen molar-refractivity contribution in [3.8, 4) is 0 Å². The summed E-state index contributed by atoms with van der Waals surface area (Å²) >= 11 is 0. The first kappa shape index (κ1) is 10.9. The molecule has 0 aliphatic rings. The highest BCUT2D eigenvalue weighted by atomic mass is 16.5. The van der Waals surface area contributed by atoms with Gasteiger partial charge >= 0.3 is 7.12 Å². The average Bonchev–Trinajstić information content (AvgIpc) is 1.96. The van der Waals surface area contributed by atoms with Crippen molar-refractivity contribution < 1.29 is 19.5 Å². The Morgan fingerprint density at radius 2 is 1.73 bits per heavy atom. The van der Waals surface area contributed by atoms with Crippen molar-refractivity contribution >= 4 is 7.12 Å². The van der Waals surface area contributed by atoms with E-state index in [9.17, 15) is 0 Å². The van der Waals surface area contributed by atoms with Crippen LogP contribution < -0.4 is 0 Å². The molecule has 0 amide bonds. The summed E-state index contributed by atoms with van der Waals surface area (Å²) in [5.41, 5.74) is 0. The molecule has 5 heteroatoms. The van der Waals surface area contributed by atoms with Gasteiger partial charge in [0.2, 0.25) is 0 Å². The maximum absolute atomic E-state index is 8.40. The van der Waals surface area contributed by atoms with Crippen LogP contribution in [0.4, 0.5) is 0 Å². The molecule has 0 spiro atoms. The zero-order valence-electron chi connectivity index (χ0n) is 6.82. The van der Waals surface area contributed by atoms with Crippen molar-refractivity contribution in [1.29, 1.82) is 0 Å². The second-order valence-corrected chi connectivity index (χ2v) is 2.08. The van der Waals surface area contributed by atoms with Gasteiger partial charge in [-0.15, -0.1) is 0 Å². The van der Waals surface area contributed by atoms with Crippen molar-refractivity contribution in [2.24, 2.45) is 0 Å². The van der Waals surface area contributed by atoms with E-state index in [-0.39, 0.29) is 6.32 Å². The molecule has 0 saturated carbocycles. The maximum atomic E-state index is 8.40. The molecule has 0 aromatic heterocycles. The van der Waals surface area contributed by atoms with E-state index in [4.69, 9.17) is 19.5 Å². The van der Waals surface area contributed by atoms with E-state index in [0.29, 0.717) is 26.4 Å². The van der Waals surface area contributed by atoms with Gasteiger partial charge in [0.25, 0.3) is 0 Å². The Morgan fingerprint density at radius 1 is 1.09 bits per heavy atom. The molecule has 0 radical (unpaired) electrons. The summed E-state index contributed by atoms with van der Waals surface area (Å²) < 4.78 is 9.99. The molecule has 0 bridgehead atoms. The minimum absolute atomic E-state index is 0.256. The van der Waals surface area contributed by atoms with Gasteiger partial charge in [-0.1, -0.05) is 0 Å². The lowest BCUT2D eigenvalue weighted by Gasteiger charge is -2.02. The van der Waals surface area contributed by atoms with Gasteiger partial charge in [0.05, 0.1) is 13.2 Å². The summed E-state index contributed by atoms with van der Waals surface area (Å²) in [5.74, 6) is 0. The second-order valence-electron chi connectivity index (χ2n) is 2.08. The van der Waals surface area contributed by atoms with E-state index < -0.39 is 7.12 Å². The minimum atomic E-state index is -1.26. The standard InChI is InChI=1S/C6H15BO4/c1-2-10-5-6-11-4-3-7(8)9/h8-9H,2-6H2,1H3. The highest BCUT2D eigenvalue weighted by Gasteiger charge is 2.04. The molecular formula is C6H15BO4. The van der Waals surface area contributed by atoms with Gasteiger partial charge in [0.1, 0.15) is 0 Å². The van der Waals surface area contributed by atoms with Gasteiger partial charge in [-0.3, -0.25) is 0 Å². The van der Waals surface area contributed by atoms with E-state index in [2.05, 4.69) is 0 Å². The van der Waals surface area contributed by atoms with Crippen molar-refractivity contribution in [3.63, 3.8) is 0 Å². The molecule has 0 aromatic rings. The van der Waals surface area contributed by atoms with Crippen LogP contribution in [0.3, 0.4) is 0 Å². The highest BCUT2D eigenvalue weighted by Crippen LogP contribution is 1.86. The first-order valence-electron chi connectivity index (χ1n) is 3.79. The lowest BCUT2D eigenvalue weighted by atomic mass is 9.87. The van der Waals surface area contributed by atoms with E-state index in [1.54, 1.807) is 0 Å². The van der Waals surface area contributed by atoms with Crippen molar-refractivity contribution in [3.05, 3.63) is 0 Å². The lowest BCUT2D eigenvalue weighted by molar-refractivity contribution is 0.0569. The number of ether oxygens (including phenoxy) is 2. The van der Waals surface area contributed by atoms with Gasteiger partial charge in [-0.05, 0) is 6.92 Å². The molecule has 0 unspecified atom stereocenters. The Balaban J connectivity index is 2.80. The Labute approximate surface area is 67.3 Å². The SMILES string of the molecule is CCOCCOCCB(O)O. The molecular weight excluding hydrogens is 147 g/mol. The normalized spacial score (nSPS) is 10.1. The predicted octanol–water partition coefficient (Wildman–Crippen LogP) is -0.488. The van der Waals surface area contributed by atoms with Crippen LogP contribution in [-0.2, 0) is 9.47 Å². The maximum Gasteiger partial charge on any atom is 0.453 e. The molecule has 0 aliphatic carbocycles. The highest BCUT2D eigenvalue weighted by molar-refractivity contribution is 6.41. The zero-order chi connectivity index (χ0) is 8.53. The Morgan fingerprint density at radius 3 is 2.27 bits per heavy atom. The van der Waals surface area contributed by atoms with Gasteiger partial charge < -0.3 is 19.5 Å². The van der Waals surface area contributed by atoms with Crippen LogP contribution in [0, 0.1) is 0 Å². The van der Waals surface area contributed by atoms with E-state index in [1.165, 1.54) is 0 Å². The number of hydrogen-bond acceptors (Lipinski definition) is 4. The third kappa shape index (κ3) is 9.90. The second kappa shape index (κ2) is 8.01. The van der Waals surface area contributed by atoms with Gasteiger partial charge in [0, 0.05) is 19.5 Å². The van der Waals surface area contributed by atoms with Gasteiger partial charge in [-0.2, -0.15) is 0 Å². The third-order valence-electron chi connectivity index (χ3n) is 1.10.